The normalized spacial score (nSPS) is 14.5. The average Bonchev–Trinajstić information content (AvgIpc) is 2.24. The molecular formula is C14H19Cl2NO2Si. The van der Waals surface area contributed by atoms with Crippen LogP contribution in [0.15, 0.2) is 30.9 Å². The fraction of sp³-hybridized carbons (Fsp3) is 0.357. The van der Waals surface area contributed by atoms with Crippen molar-refractivity contribution in [1.29, 1.82) is 0 Å². The number of carbonyl (C=O) groups excluding carboxylic acids is 1. The molecule has 1 aromatic rings. The highest BCUT2D eigenvalue weighted by atomic mass is 35.5. The van der Waals surface area contributed by atoms with Crippen molar-refractivity contribution < 1.29 is 9.22 Å². The highest BCUT2D eigenvalue weighted by Gasteiger charge is 2.35. The van der Waals surface area contributed by atoms with Crippen molar-refractivity contribution in [2.24, 2.45) is 0 Å². The SMILES string of the molecule is C=CC(C)(O[Si](C)(C)C)C(=O)Nc1cc(Cl)cc(Cl)c1. The van der Waals surface area contributed by atoms with Crippen molar-refractivity contribution in [3.8, 4) is 0 Å². The lowest BCUT2D eigenvalue weighted by Crippen LogP contribution is -2.47. The van der Waals surface area contributed by atoms with Gasteiger partial charge in [-0.2, -0.15) is 0 Å². The van der Waals surface area contributed by atoms with Gasteiger partial charge in [0.1, 0.15) is 0 Å². The highest BCUT2D eigenvalue weighted by molar-refractivity contribution is 6.70. The van der Waals surface area contributed by atoms with Gasteiger partial charge in [0.05, 0.1) is 0 Å². The maximum atomic E-state index is 12.4. The molecule has 3 nitrogen and oxygen atoms in total. The van der Waals surface area contributed by atoms with E-state index < -0.39 is 13.9 Å². The summed E-state index contributed by atoms with van der Waals surface area (Å²) >= 11 is 11.8. The van der Waals surface area contributed by atoms with Gasteiger partial charge in [-0.3, -0.25) is 4.79 Å². The molecule has 0 bridgehead atoms. The number of anilines is 1. The van der Waals surface area contributed by atoms with Crippen LogP contribution in [-0.2, 0) is 9.22 Å². The molecule has 0 saturated carbocycles. The van der Waals surface area contributed by atoms with Crippen molar-refractivity contribution in [2.75, 3.05) is 5.32 Å². The molecule has 6 heteroatoms. The first kappa shape index (κ1) is 17.2. The number of rotatable bonds is 5. The van der Waals surface area contributed by atoms with Crippen molar-refractivity contribution in [3.63, 3.8) is 0 Å². The maximum Gasteiger partial charge on any atom is 0.259 e. The van der Waals surface area contributed by atoms with Crippen LogP contribution in [0.4, 0.5) is 5.69 Å². The lowest BCUT2D eigenvalue weighted by molar-refractivity contribution is -0.127. The van der Waals surface area contributed by atoms with Gasteiger partial charge in [-0.15, -0.1) is 0 Å². The molecule has 0 saturated heterocycles. The molecule has 1 N–H and O–H groups in total. The Morgan fingerprint density at radius 3 is 2.20 bits per heavy atom. The Kier molecular flexibility index (Phi) is 5.44. The van der Waals surface area contributed by atoms with E-state index in [-0.39, 0.29) is 5.91 Å². The van der Waals surface area contributed by atoms with E-state index in [0.717, 1.165) is 0 Å². The van der Waals surface area contributed by atoms with Gasteiger partial charge in [-0.25, -0.2) is 0 Å². The van der Waals surface area contributed by atoms with E-state index in [1.165, 1.54) is 6.08 Å². The number of nitrogens with one attached hydrogen (secondary N) is 1. The van der Waals surface area contributed by atoms with Crippen LogP contribution in [0.5, 0.6) is 0 Å². The summed E-state index contributed by atoms with van der Waals surface area (Å²) in [5.74, 6) is -0.298. The van der Waals surface area contributed by atoms with Gasteiger partial charge in [-0.05, 0) is 44.8 Å². The summed E-state index contributed by atoms with van der Waals surface area (Å²) in [5.41, 5.74) is -0.557. The third kappa shape index (κ3) is 4.94. The largest absolute Gasteiger partial charge is 0.401 e. The minimum absolute atomic E-state index is 0.298. The molecule has 1 atom stereocenters. The van der Waals surface area contributed by atoms with Crippen LogP contribution in [-0.4, -0.2) is 19.8 Å². The Morgan fingerprint density at radius 1 is 1.30 bits per heavy atom. The molecule has 0 spiro atoms. The van der Waals surface area contributed by atoms with Gasteiger partial charge >= 0.3 is 0 Å². The molecule has 0 aliphatic carbocycles. The number of amides is 1. The number of benzene rings is 1. The summed E-state index contributed by atoms with van der Waals surface area (Å²) in [6.45, 7) is 11.4. The predicted molar refractivity (Wildman–Crippen MR) is 88.1 cm³/mol. The van der Waals surface area contributed by atoms with Crippen LogP contribution in [0.2, 0.25) is 29.7 Å². The van der Waals surface area contributed by atoms with Gasteiger partial charge in [0, 0.05) is 15.7 Å². The van der Waals surface area contributed by atoms with Gasteiger partial charge in [0.2, 0.25) is 0 Å². The first-order valence-electron chi connectivity index (χ1n) is 6.17. The van der Waals surface area contributed by atoms with E-state index in [2.05, 4.69) is 11.9 Å². The minimum atomic E-state index is -1.90. The van der Waals surface area contributed by atoms with Crippen molar-refractivity contribution in [3.05, 3.63) is 40.9 Å². The molecule has 20 heavy (non-hydrogen) atoms. The summed E-state index contributed by atoms with van der Waals surface area (Å²) < 4.78 is 5.91. The number of hydrogen-bond acceptors (Lipinski definition) is 2. The Hall–Kier alpha value is -0.813. The van der Waals surface area contributed by atoms with E-state index in [1.807, 2.05) is 19.6 Å². The van der Waals surface area contributed by atoms with Crippen LogP contribution in [0.25, 0.3) is 0 Å². The third-order valence-corrected chi connectivity index (χ3v) is 3.95. The fourth-order valence-electron chi connectivity index (χ4n) is 1.70. The second-order valence-corrected chi connectivity index (χ2v) is 10.9. The zero-order valence-corrected chi connectivity index (χ0v) is 14.6. The molecule has 0 radical (unpaired) electrons. The van der Waals surface area contributed by atoms with Crippen LogP contribution in [0, 0.1) is 0 Å². The van der Waals surface area contributed by atoms with Crippen molar-refractivity contribution in [1.82, 2.24) is 0 Å². The lowest BCUT2D eigenvalue weighted by atomic mass is 10.1. The summed E-state index contributed by atoms with van der Waals surface area (Å²) in [5, 5.41) is 3.67. The summed E-state index contributed by atoms with van der Waals surface area (Å²) in [7, 11) is -1.90. The quantitative estimate of drug-likeness (QED) is 0.625. The monoisotopic (exact) mass is 331 g/mol. The van der Waals surface area contributed by atoms with Crippen molar-refractivity contribution >= 4 is 43.1 Å². The second-order valence-electron chi connectivity index (χ2n) is 5.64. The molecule has 0 aliphatic rings. The Balaban J connectivity index is 2.95. The Labute approximate surface area is 131 Å². The van der Waals surface area contributed by atoms with Crippen LogP contribution in [0.3, 0.4) is 0 Å². The topological polar surface area (TPSA) is 38.3 Å². The lowest BCUT2D eigenvalue weighted by Gasteiger charge is -2.32. The molecule has 1 unspecified atom stereocenters. The molecular weight excluding hydrogens is 313 g/mol. The molecule has 0 fully saturated rings. The first-order valence-corrected chi connectivity index (χ1v) is 10.3. The molecule has 1 amide bonds. The molecule has 0 heterocycles. The van der Waals surface area contributed by atoms with E-state index in [0.29, 0.717) is 15.7 Å². The number of halogens is 2. The summed E-state index contributed by atoms with van der Waals surface area (Å²) in [4.78, 5) is 12.4. The van der Waals surface area contributed by atoms with Crippen molar-refractivity contribution in [2.45, 2.75) is 32.2 Å². The molecule has 0 aromatic heterocycles. The van der Waals surface area contributed by atoms with Gasteiger partial charge < -0.3 is 9.74 Å². The van der Waals surface area contributed by atoms with Crippen LogP contribution >= 0.6 is 23.2 Å². The predicted octanol–water partition coefficient (Wildman–Crippen LogP) is 4.73. The number of hydrogen-bond donors (Lipinski definition) is 1. The zero-order chi connectivity index (χ0) is 15.6. The second kappa shape index (κ2) is 6.31. The average molecular weight is 332 g/mol. The van der Waals surface area contributed by atoms with E-state index in [1.54, 1.807) is 25.1 Å². The van der Waals surface area contributed by atoms with E-state index in [4.69, 9.17) is 27.6 Å². The Bertz CT molecular complexity index is 508. The number of carbonyl (C=O) groups is 1. The zero-order valence-electron chi connectivity index (χ0n) is 12.1. The molecule has 1 rings (SSSR count). The van der Waals surface area contributed by atoms with Crippen LogP contribution < -0.4 is 5.32 Å². The molecule has 0 aliphatic heterocycles. The standard InChI is InChI=1S/C14H19Cl2NO2Si/c1-6-14(2,19-20(3,4)5)13(18)17-12-8-10(15)7-11(16)9-12/h6-9H,1H2,2-5H3,(H,17,18). The van der Waals surface area contributed by atoms with Gasteiger partial charge in [-0.1, -0.05) is 35.9 Å². The molecule has 1 aromatic carbocycles. The smallest absolute Gasteiger partial charge is 0.259 e. The summed E-state index contributed by atoms with van der Waals surface area (Å²) in [6, 6.07) is 4.86. The fourth-order valence-corrected chi connectivity index (χ4v) is 3.67. The van der Waals surface area contributed by atoms with Gasteiger partial charge in [0.15, 0.2) is 13.9 Å². The van der Waals surface area contributed by atoms with E-state index in [9.17, 15) is 4.79 Å². The maximum absolute atomic E-state index is 12.4. The van der Waals surface area contributed by atoms with E-state index >= 15 is 0 Å². The minimum Gasteiger partial charge on any atom is -0.401 e. The first-order chi connectivity index (χ1) is 9.05. The summed E-state index contributed by atoms with van der Waals surface area (Å²) in [6.07, 6.45) is 1.51. The Morgan fingerprint density at radius 2 is 1.80 bits per heavy atom. The third-order valence-electron chi connectivity index (χ3n) is 2.48. The molecule has 110 valence electrons. The highest BCUT2D eigenvalue weighted by Crippen LogP contribution is 2.25. The van der Waals surface area contributed by atoms with Crippen LogP contribution in [0.1, 0.15) is 6.92 Å². The van der Waals surface area contributed by atoms with Gasteiger partial charge in [0.25, 0.3) is 5.91 Å².